The van der Waals surface area contributed by atoms with Gasteiger partial charge >= 0.3 is 5.97 Å². The second-order valence-electron chi connectivity index (χ2n) is 18.0. The van der Waals surface area contributed by atoms with Gasteiger partial charge in [-0.05, 0) is 25.4 Å². The van der Waals surface area contributed by atoms with Gasteiger partial charge in [-0.15, -0.1) is 0 Å². The molecule has 0 saturated heterocycles. The zero-order valence-electron chi connectivity index (χ0n) is 43.2. The number of thioether (sulfide) groups is 2. The lowest BCUT2D eigenvalue weighted by atomic mass is 10.0. The summed E-state index contributed by atoms with van der Waals surface area (Å²) in [6, 6.07) is 0.310. The molecule has 64 heavy (non-hydrogen) atoms. The lowest BCUT2D eigenvalue weighted by Gasteiger charge is -2.17. The van der Waals surface area contributed by atoms with E-state index in [1.54, 1.807) is 23.5 Å². The summed E-state index contributed by atoms with van der Waals surface area (Å²) in [4.78, 5) is 45.2. The molecule has 0 spiro atoms. The SMILES string of the molecule is CCCCCCCCCCCCCCCCCCNC(=O)CCC(=O)CC.CCCCCCCCCCCCCCCCCCNC(=O)CCC(=O)OC.CSCC(N)C(N)CSC. The number of nitrogens with one attached hydrogen (secondary N) is 2. The van der Waals surface area contributed by atoms with Crippen molar-refractivity contribution in [2.24, 2.45) is 11.5 Å². The van der Waals surface area contributed by atoms with Gasteiger partial charge in [0.05, 0.1) is 13.5 Å². The summed E-state index contributed by atoms with van der Waals surface area (Å²) in [7, 11) is 1.34. The van der Waals surface area contributed by atoms with Crippen molar-refractivity contribution in [1.29, 1.82) is 0 Å². The highest BCUT2D eigenvalue weighted by Crippen LogP contribution is 2.15. The monoisotopic (exact) mass is 945 g/mol. The number of nitrogens with two attached hydrogens (primary N) is 2. The molecule has 9 nitrogen and oxygen atoms in total. The van der Waals surface area contributed by atoms with Crippen LogP contribution in [0, 0.1) is 0 Å². The van der Waals surface area contributed by atoms with Gasteiger partial charge in [0.2, 0.25) is 11.8 Å². The Hall–Kier alpha value is -1.30. The van der Waals surface area contributed by atoms with Crippen molar-refractivity contribution in [3.8, 4) is 0 Å². The smallest absolute Gasteiger partial charge is 0.306 e. The molecule has 0 heterocycles. The average molecular weight is 946 g/mol. The molecule has 0 aliphatic carbocycles. The van der Waals surface area contributed by atoms with Crippen LogP contribution in [0.1, 0.15) is 258 Å². The van der Waals surface area contributed by atoms with E-state index < -0.39 is 0 Å². The van der Waals surface area contributed by atoms with Gasteiger partial charge < -0.3 is 26.8 Å². The number of carbonyl (C=O) groups excluding carboxylic acids is 4. The number of Topliss-reactive ketones (excluding diaryl/α,β-unsaturated/α-hetero) is 1. The molecule has 2 unspecified atom stereocenters. The Morgan fingerprint density at radius 3 is 0.938 bits per heavy atom. The van der Waals surface area contributed by atoms with E-state index in [1.807, 2.05) is 19.4 Å². The van der Waals surface area contributed by atoms with E-state index in [0.717, 1.165) is 37.4 Å². The van der Waals surface area contributed by atoms with Crippen molar-refractivity contribution in [3.63, 3.8) is 0 Å². The maximum atomic E-state index is 11.6. The molecule has 0 radical (unpaired) electrons. The van der Waals surface area contributed by atoms with Crippen LogP contribution in [-0.2, 0) is 23.9 Å². The third kappa shape index (κ3) is 58.7. The Morgan fingerprint density at radius 2 is 0.688 bits per heavy atom. The van der Waals surface area contributed by atoms with E-state index in [9.17, 15) is 19.2 Å². The molecule has 0 aromatic heterocycles. The summed E-state index contributed by atoms with van der Waals surface area (Å²) in [6.45, 7) is 7.88. The average Bonchev–Trinajstić information content (AvgIpc) is 3.29. The Bertz CT molecular complexity index is 916. The van der Waals surface area contributed by atoms with Crippen molar-refractivity contribution in [1.82, 2.24) is 10.6 Å². The van der Waals surface area contributed by atoms with E-state index in [0.29, 0.717) is 19.3 Å². The summed E-state index contributed by atoms with van der Waals surface area (Å²) >= 11 is 3.50. The Balaban J connectivity index is -0.000000959. The number of carbonyl (C=O) groups is 4. The Labute approximate surface area is 406 Å². The number of hydrogen-bond donors (Lipinski definition) is 4. The molecule has 0 saturated carbocycles. The standard InChI is InChI=1S/C24H47NO2.C23H45NO3.C6H16N2S2/c1-3-5-6-7-8-9-10-11-12-13-14-15-16-17-18-19-22-25-24(27)21-20-23(26)4-2;1-3-4-5-6-7-8-9-10-11-12-13-14-15-16-17-18-21-24-22(25)19-20-23(26)27-2;1-9-3-5(7)6(8)4-10-2/h3-22H2,1-2H3,(H,25,27);3-21H2,1-2H3,(H,24,25);5-6H,3-4,7-8H2,1-2H3. The zero-order chi connectivity index (χ0) is 48.0. The Kier molecular flexibility index (Phi) is 60.5. The van der Waals surface area contributed by atoms with E-state index in [1.165, 1.54) is 200 Å². The molecule has 2 atom stereocenters. The van der Waals surface area contributed by atoms with Gasteiger partial charge in [-0.3, -0.25) is 19.2 Å². The second kappa shape index (κ2) is 57.8. The van der Waals surface area contributed by atoms with Crippen molar-refractivity contribution >= 4 is 47.1 Å². The van der Waals surface area contributed by atoms with Crippen LogP contribution >= 0.6 is 23.5 Å². The predicted octanol–water partition coefficient (Wildman–Crippen LogP) is 13.8. The van der Waals surface area contributed by atoms with E-state index in [-0.39, 0.29) is 48.5 Å². The molecule has 0 aromatic rings. The maximum absolute atomic E-state index is 11.6. The van der Waals surface area contributed by atoms with Crippen molar-refractivity contribution in [2.45, 2.75) is 270 Å². The van der Waals surface area contributed by atoms with Crippen LogP contribution < -0.4 is 22.1 Å². The van der Waals surface area contributed by atoms with Gasteiger partial charge in [0.15, 0.2) is 0 Å². The van der Waals surface area contributed by atoms with Gasteiger partial charge in [0.1, 0.15) is 5.78 Å². The lowest BCUT2D eigenvalue weighted by molar-refractivity contribution is -0.142. The molecule has 0 rings (SSSR count). The fourth-order valence-corrected chi connectivity index (χ4v) is 8.62. The van der Waals surface area contributed by atoms with E-state index >= 15 is 0 Å². The molecule has 0 aliphatic heterocycles. The highest BCUT2D eigenvalue weighted by molar-refractivity contribution is 7.99. The third-order valence-electron chi connectivity index (χ3n) is 11.8. The largest absolute Gasteiger partial charge is 0.469 e. The summed E-state index contributed by atoms with van der Waals surface area (Å²) in [5.41, 5.74) is 11.5. The molecular formula is C53H108N4O5S2. The van der Waals surface area contributed by atoms with Gasteiger partial charge in [-0.2, -0.15) is 23.5 Å². The lowest BCUT2D eigenvalue weighted by Crippen LogP contribution is -2.44. The van der Waals surface area contributed by atoms with Crippen LogP contribution in [0.15, 0.2) is 0 Å². The minimum atomic E-state index is -0.326. The first-order chi connectivity index (χ1) is 31.1. The highest BCUT2D eigenvalue weighted by Gasteiger charge is 2.11. The molecule has 2 amide bonds. The number of ether oxygens (including phenoxy) is 1. The van der Waals surface area contributed by atoms with Crippen LogP contribution in [0.2, 0.25) is 0 Å². The molecule has 11 heteroatoms. The normalized spacial score (nSPS) is 11.8. The van der Waals surface area contributed by atoms with Gasteiger partial charge in [0.25, 0.3) is 0 Å². The molecule has 0 fully saturated rings. The molecule has 382 valence electrons. The number of hydrogen-bond acceptors (Lipinski definition) is 9. The van der Waals surface area contributed by atoms with Crippen LogP contribution in [0.4, 0.5) is 0 Å². The number of esters is 1. The molecule has 0 aliphatic rings. The van der Waals surface area contributed by atoms with Gasteiger partial charge in [-0.1, -0.05) is 213 Å². The first-order valence-electron chi connectivity index (χ1n) is 26.7. The molecule has 0 aromatic carbocycles. The van der Waals surface area contributed by atoms with Gasteiger partial charge in [0, 0.05) is 62.4 Å². The highest BCUT2D eigenvalue weighted by atomic mass is 32.2. The third-order valence-corrected chi connectivity index (χ3v) is 13.2. The predicted molar refractivity (Wildman–Crippen MR) is 284 cm³/mol. The fourth-order valence-electron chi connectivity index (χ4n) is 7.36. The molecular weight excluding hydrogens is 837 g/mol. The number of rotatable bonds is 46. The minimum absolute atomic E-state index is 0.0257. The van der Waals surface area contributed by atoms with Crippen molar-refractivity contribution < 1.29 is 23.9 Å². The first-order valence-corrected chi connectivity index (χ1v) is 29.5. The number of methoxy groups -OCH3 is 1. The summed E-state index contributed by atoms with van der Waals surface area (Å²) in [5, 5.41) is 5.79. The van der Waals surface area contributed by atoms with Crippen molar-refractivity contribution in [3.05, 3.63) is 0 Å². The minimum Gasteiger partial charge on any atom is -0.469 e. The zero-order valence-corrected chi connectivity index (χ0v) is 44.8. The van der Waals surface area contributed by atoms with Crippen LogP contribution in [0.25, 0.3) is 0 Å². The van der Waals surface area contributed by atoms with Crippen molar-refractivity contribution in [2.75, 3.05) is 44.2 Å². The van der Waals surface area contributed by atoms with Gasteiger partial charge in [-0.25, -0.2) is 0 Å². The van der Waals surface area contributed by atoms with E-state index in [2.05, 4.69) is 29.2 Å². The number of amides is 2. The second-order valence-corrected chi connectivity index (χ2v) is 19.8. The summed E-state index contributed by atoms with van der Waals surface area (Å²) in [6.07, 6.45) is 49.2. The molecule has 0 bridgehead atoms. The number of ketones is 1. The van der Waals surface area contributed by atoms with E-state index in [4.69, 9.17) is 11.5 Å². The Morgan fingerprint density at radius 1 is 0.422 bits per heavy atom. The maximum Gasteiger partial charge on any atom is 0.306 e. The quantitative estimate of drug-likeness (QED) is 0.0345. The number of unbranched alkanes of at least 4 members (excludes halogenated alkanes) is 30. The van der Waals surface area contributed by atoms with Crippen LogP contribution in [-0.4, -0.2) is 79.9 Å². The van der Waals surface area contributed by atoms with Crippen LogP contribution in [0.5, 0.6) is 0 Å². The topological polar surface area (TPSA) is 154 Å². The fraction of sp³-hybridized carbons (Fsp3) is 0.925. The van der Waals surface area contributed by atoms with Crippen LogP contribution in [0.3, 0.4) is 0 Å². The summed E-state index contributed by atoms with van der Waals surface area (Å²) in [5.74, 6) is 1.74. The molecule has 6 N–H and O–H groups in total. The summed E-state index contributed by atoms with van der Waals surface area (Å²) < 4.78 is 4.52. The first kappa shape index (κ1) is 67.0.